The molecule has 19 heavy (non-hydrogen) atoms. The summed E-state index contributed by atoms with van der Waals surface area (Å²) in [5.41, 5.74) is 1.82. The summed E-state index contributed by atoms with van der Waals surface area (Å²) in [4.78, 5) is 29.2. The molecule has 0 spiro atoms. The van der Waals surface area contributed by atoms with Crippen molar-refractivity contribution in [2.45, 2.75) is 20.3 Å². The number of nitrogens with zero attached hydrogens (tertiary/aromatic N) is 1. The third-order valence-corrected chi connectivity index (χ3v) is 2.90. The van der Waals surface area contributed by atoms with E-state index in [9.17, 15) is 14.7 Å². The monoisotopic (exact) mass is 258 g/mol. The Bertz CT molecular complexity index is 672. The Kier molecular flexibility index (Phi) is 3.46. The number of aryl methyl sites for hydroxylation is 2. The fourth-order valence-corrected chi connectivity index (χ4v) is 1.94. The molecule has 0 unspecified atom stereocenters. The number of aromatic nitrogens is 2. The van der Waals surface area contributed by atoms with Gasteiger partial charge in [0, 0.05) is 11.3 Å². The molecule has 0 aliphatic rings. The predicted molar refractivity (Wildman–Crippen MR) is 71.4 cm³/mol. The standard InChI is InChI=1S/C14H14N2O3/c1-3-10-11(13(17)18)12(16-14(19)15-10)9-6-4-8(2)5-7-9/h4-7H,3H2,1-2H3,(H,17,18)(H,15,16,19). The molecule has 0 saturated carbocycles. The zero-order chi connectivity index (χ0) is 14.0. The van der Waals surface area contributed by atoms with Crippen LogP contribution in [0.5, 0.6) is 0 Å². The minimum absolute atomic E-state index is 0.0611. The maximum atomic E-state index is 11.5. The van der Waals surface area contributed by atoms with E-state index >= 15 is 0 Å². The maximum absolute atomic E-state index is 11.5. The Morgan fingerprint density at radius 3 is 2.47 bits per heavy atom. The van der Waals surface area contributed by atoms with Crippen LogP contribution in [0.3, 0.4) is 0 Å². The Hall–Kier alpha value is -2.43. The number of carboxylic acid groups (broad SMARTS) is 1. The third-order valence-electron chi connectivity index (χ3n) is 2.90. The lowest BCUT2D eigenvalue weighted by Crippen LogP contribution is -2.19. The van der Waals surface area contributed by atoms with E-state index in [2.05, 4.69) is 9.97 Å². The second kappa shape index (κ2) is 5.06. The number of hydrogen-bond acceptors (Lipinski definition) is 3. The van der Waals surface area contributed by atoms with Gasteiger partial charge in [-0.05, 0) is 13.3 Å². The van der Waals surface area contributed by atoms with E-state index in [1.165, 1.54) is 0 Å². The number of hydrogen-bond donors (Lipinski definition) is 2. The van der Waals surface area contributed by atoms with Crippen LogP contribution < -0.4 is 5.69 Å². The molecule has 1 aromatic heterocycles. The Labute approximate surface area is 110 Å². The molecule has 5 heteroatoms. The van der Waals surface area contributed by atoms with E-state index in [1.54, 1.807) is 19.1 Å². The van der Waals surface area contributed by atoms with E-state index < -0.39 is 11.7 Å². The molecule has 2 aromatic rings. The number of rotatable bonds is 3. The zero-order valence-electron chi connectivity index (χ0n) is 10.7. The second-order valence-corrected chi connectivity index (χ2v) is 4.27. The second-order valence-electron chi connectivity index (χ2n) is 4.27. The van der Waals surface area contributed by atoms with Crippen molar-refractivity contribution in [3.63, 3.8) is 0 Å². The molecule has 0 fully saturated rings. The SMILES string of the molecule is CCc1[nH]c(=O)nc(-c2ccc(C)cc2)c1C(=O)O. The first-order chi connectivity index (χ1) is 9.02. The van der Waals surface area contributed by atoms with Crippen LogP contribution in [0.25, 0.3) is 11.3 Å². The van der Waals surface area contributed by atoms with Crippen molar-refractivity contribution < 1.29 is 9.90 Å². The van der Waals surface area contributed by atoms with Crippen molar-refractivity contribution in [1.82, 2.24) is 9.97 Å². The molecule has 2 N–H and O–H groups in total. The van der Waals surface area contributed by atoms with E-state index in [4.69, 9.17) is 0 Å². The summed E-state index contributed by atoms with van der Waals surface area (Å²) < 4.78 is 0. The number of aromatic amines is 1. The largest absolute Gasteiger partial charge is 0.478 e. The molecule has 2 rings (SSSR count). The Morgan fingerprint density at radius 1 is 1.32 bits per heavy atom. The summed E-state index contributed by atoms with van der Waals surface area (Å²) in [7, 11) is 0. The van der Waals surface area contributed by atoms with Gasteiger partial charge in [0.1, 0.15) is 5.56 Å². The molecule has 1 aromatic carbocycles. The van der Waals surface area contributed by atoms with Crippen molar-refractivity contribution in [3.05, 3.63) is 51.6 Å². The first-order valence-electron chi connectivity index (χ1n) is 5.96. The maximum Gasteiger partial charge on any atom is 0.345 e. The highest BCUT2D eigenvalue weighted by molar-refractivity contribution is 5.95. The van der Waals surface area contributed by atoms with Gasteiger partial charge in [-0.1, -0.05) is 36.8 Å². The summed E-state index contributed by atoms with van der Waals surface area (Å²) >= 11 is 0. The van der Waals surface area contributed by atoms with Crippen LogP contribution in [0.2, 0.25) is 0 Å². The minimum Gasteiger partial charge on any atom is -0.478 e. The lowest BCUT2D eigenvalue weighted by atomic mass is 10.0. The fraction of sp³-hybridized carbons (Fsp3) is 0.214. The van der Waals surface area contributed by atoms with E-state index in [1.807, 2.05) is 19.1 Å². The zero-order valence-corrected chi connectivity index (χ0v) is 10.7. The van der Waals surface area contributed by atoms with Crippen LogP contribution in [-0.2, 0) is 6.42 Å². The van der Waals surface area contributed by atoms with Gasteiger partial charge in [0.15, 0.2) is 0 Å². The van der Waals surface area contributed by atoms with Crippen LogP contribution in [0.1, 0.15) is 28.5 Å². The Morgan fingerprint density at radius 2 is 1.95 bits per heavy atom. The van der Waals surface area contributed by atoms with E-state index in [0.29, 0.717) is 17.7 Å². The molecular formula is C14H14N2O3. The number of carboxylic acids is 1. The van der Waals surface area contributed by atoms with Crippen molar-refractivity contribution in [2.75, 3.05) is 0 Å². The van der Waals surface area contributed by atoms with Crippen molar-refractivity contribution in [2.24, 2.45) is 0 Å². The van der Waals surface area contributed by atoms with Gasteiger partial charge in [0.05, 0.1) is 5.69 Å². The number of carbonyl (C=O) groups is 1. The van der Waals surface area contributed by atoms with Crippen LogP contribution in [0.4, 0.5) is 0 Å². The summed E-state index contributed by atoms with van der Waals surface area (Å²) in [5.74, 6) is -1.09. The summed E-state index contributed by atoms with van der Waals surface area (Å²) in [6, 6.07) is 7.25. The number of H-pyrrole nitrogens is 1. The average molecular weight is 258 g/mol. The molecule has 0 atom stereocenters. The van der Waals surface area contributed by atoms with Crippen molar-refractivity contribution >= 4 is 5.97 Å². The van der Waals surface area contributed by atoms with Crippen molar-refractivity contribution in [1.29, 1.82) is 0 Å². The summed E-state index contributed by atoms with van der Waals surface area (Å²) in [6.45, 7) is 3.72. The highest BCUT2D eigenvalue weighted by Crippen LogP contribution is 2.22. The van der Waals surface area contributed by atoms with E-state index in [0.717, 1.165) is 5.56 Å². The van der Waals surface area contributed by atoms with Gasteiger partial charge < -0.3 is 10.1 Å². The number of benzene rings is 1. The van der Waals surface area contributed by atoms with Crippen LogP contribution >= 0.6 is 0 Å². The van der Waals surface area contributed by atoms with E-state index in [-0.39, 0.29) is 11.3 Å². The van der Waals surface area contributed by atoms with Crippen LogP contribution in [0.15, 0.2) is 29.1 Å². The first kappa shape index (κ1) is 13.0. The van der Waals surface area contributed by atoms with Gasteiger partial charge in [0.2, 0.25) is 0 Å². The predicted octanol–water partition coefficient (Wildman–Crippen LogP) is 2.01. The van der Waals surface area contributed by atoms with Gasteiger partial charge >= 0.3 is 11.7 Å². The van der Waals surface area contributed by atoms with Crippen molar-refractivity contribution in [3.8, 4) is 11.3 Å². The fourth-order valence-electron chi connectivity index (χ4n) is 1.94. The summed E-state index contributed by atoms with van der Waals surface area (Å²) in [6.07, 6.45) is 0.429. The molecule has 0 bridgehead atoms. The number of nitrogens with one attached hydrogen (secondary N) is 1. The van der Waals surface area contributed by atoms with Gasteiger partial charge in [-0.15, -0.1) is 0 Å². The highest BCUT2D eigenvalue weighted by atomic mass is 16.4. The summed E-state index contributed by atoms with van der Waals surface area (Å²) in [5, 5.41) is 9.32. The third kappa shape index (κ3) is 2.54. The first-order valence-corrected chi connectivity index (χ1v) is 5.96. The quantitative estimate of drug-likeness (QED) is 0.882. The molecule has 5 nitrogen and oxygen atoms in total. The highest BCUT2D eigenvalue weighted by Gasteiger charge is 2.18. The van der Waals surface area contributed by atoms with Crippen LogP contribution in [0, 0.1) is 6.92 Å². The van der Waals surface area contributed by atoms with Gasteiger partial charge in [-0.2, -0.15) is 4.98 Å². The molecule has 0 radical (unpaired) electrons. The van der Waals surface area contributed by atoms with Gasteiger partial charge in [0.25, 0.3) is 0 Å². The lowest BCUT2D eigenvalue weighted by molar-refractivity contribution is 0.0695. The average Bonchev–Trinajstić information content (AvgIpc) is 2.38. The minimum atomic E-state index is -1.09. The molecular weight excluding hydrogens is 244 g/mol. The van der Waals surface area contributed by atoms with Gasteiger partial charge in [-0.25, -0.2) is 9.59 Å². The molecule has 0 saturated heterocycles. The number of aromatic carboxylic acids is 1. The normalized spacial score (nSPS) is 10.4. The lowest BCUT2D eigenvalue weighted by Gasteiger charge is -2.09. The van der Waals surface area contributed by atoms with Gasteiger partial charge in [-0.3, -0.25) is 0 Å². The molecule has 1 heterocycles. The smallest absolute Gasteiger partial charge is 0.345 e. The molecule has 98 valence electrons. The molecule has 0 amide bonds. The topological polar surface area (TPSA) is 83.0 Å². The Balaban J connectivity index is 2.74. The molecule has 0 aliphatic carbocycles. The van der Waals surface area contributed by atoms with Crippen LogP contribution in [-0.4, -0.2) is 21.0 Å². The molecule has 0 aliphatic heterocycles.